The molecule has 0 aromatic heterocycles. The highest BCUT2D eigenvalue weighted by Crippen LogP contribution is 2.36. The molecule has 0 bridgehead atoms. The molecule has 0 unspecified atom stereocenters. The molecule has 0 spiro atoms. The summed E-state index contributed by atoms with van der Waals surface area (Å²) < 4.78 is 0. The Morgan fingerprint density at radius 2 is 1.48 bits per heavy atom. The van der Waals surface area contributed by atoms with Crippen LogP contribution in [0.25, 0.3) is 10.8 Å². The van der Waals surface area contributed by atoms with Gasteiger partial charge in [0, 0.05) is 24.8 Å². The highest BCUT2D eigenvalue weighted by Gasteiger charge is 2.08. The highest BCUT2D eigenvalue weighted by molar-refractivity contribution is 5.97. The van der Waals surface area contributed by atoms with Gasteiger partial charge in [-0.25, -0.2) is 0 Å². The first-order chi connectivity index (χ1) is 12.1. The van der Waals surface area contributed by atoms with Crippen molar-refractivity contribution < 1.29 is 10.2 Å². The van der Waals surface area contributed by atoms with Crippen LogP contribution in [0.15, 0.2) is 64.8 Å². The molecule has 3 rings (SSSR count). The maximum atomic E-state index is 10.2. The molecule has 3 aromatic carbocycles. The number of rotatable bonds is 5. The maximum Gasteiger partial charge on any atom is 0.145 e. The highest BCUT2D eigenvalue weighted by atomic mass is 16.3. The Kier molecular flexibility index (Phi) is 4.84. The van der Waals surface area contributed by atoms with Gasteiger partial charge in [0.15, 0.2) is 0 Å². The monoisotopic (exact) mass is 335 g/mol. The van der Waals surface area contributed by atoms with E-state index in [0.717, 1.165) is 24.2 Å². The standard InChI is InChI=1S/C20H21N3O2/c1-3-23(4-2)15-11-12-16(19(25)13-15)21-22-17-9-5-7-14-8-6-10-18(24)20(14)17/h5-13,24-25H,3-4H2,1-2H3. The zero-order valence-electron chi connectivity index (χ0n) is 14.3. The van der Waals surface area contributed by atoms with E-state index in [-0.39, 0.29) is 11.5 Å². The van der Waals surface area contributed by atoms with Crippen molar-refractivity contribution in [3.63, 3.8) is 0 Å². The fourth-order valence-electron chi connectivity index (χ4n) is 2.87. The molecule has 5 nitrogen and oxygen atoms in total. The molecule has 0 amide bonds. The smallest absolute Gasteiger partial charge is 0.145 e. The van der Waals surface area contributed by atoms with Crippen LogP contribution in [0.2, 0.25) is 0 Å². The molecule has 0 radical (unpaired) electrons. The van der Waals surface area contributed by atoms with Gasteiger partial charge in [0.2, 0.25) is 0 Å². The maximum absolute atomic E-state index is 10.2. The van der Waals surface area contributed by atoms with Crippen LogP contribution in [0.3, 0.4) is 0 Å². The van der Waals surface area contributed by atoms with E-state index in [1.54, 1.807) is 30.3 Å². The number of phenols is 2. The summed E-state index contributed by atoms with van der Waals surface area (Å²) in [6.07, 6.45) is 0. The molecule has 128 valence electrons. The van der Waals surface area contributed by atoms with Crippen LogP contribution in [-0.4, -0.2) is 23.3 Å². The molecular formula is C20H21N3O2. The molecule has 0 aliphatic heterocycles. The lowest BCUT2D eigenvalue weighted by Gasteiger charge is -2.21. The second-order valence-corrected chi connectivity index (χ2v) is 5.70. The third-order valence-corrected chi connectivity index (χ3v) is 4.21. The lowest BCUT2D eigenvalue weighted by Crippen LogP contribution is -2.21. The molecule has 0 heterocycles. The number of fused-ring (bicyclic) bond motifs is 1. The molecule has 5 heteroatoms. The van der Waals surface area contributed by atoms with E-state index in [0.29, 0.717) is 16.8 Å². The normalized spacial score (nSPS) is 11.3. The summed E-state index contributed by atoms with van der Waals surface area (Å²) in [5, 5.41) is 30.3. The first-order valence-electron chi connectivity index (χ1n) is 8.34. The average molecular weight is 335 g/mol. The average Bonchev–Trinajstić information content (AvgIpc) is 2.62. The quantitative estimate of drug-likeness (QED) is 0.604. The predicted molar refractivity (Wildman–Crippen MR) is 101 cm³/mol. The fraction of sp³-hybridized carbons (Fsp3) is 0.200. The molecule has 0 saturated carbocycles. The van der Waals surface area contributed by atoms with E-state index in [4.69, 9.17) is 0 Å². The number of azo groups is 1. The molecule has 0 aliphatic rings. The summed E-state index contributed by atoms with van der Waals surface area (Å²) in [6.45, 7) is 5.88. The second-order valence-electron chi connectivity index (χ2n) is 5.70. The Morgan fingerprint density at radius 1 is 0.800 bits per heavy atom. The van der Waals surface area contributed by atoms with Crippen LogP contribution in [0, 0.1) is 0 Å². The second kappa shape index (κ2) is 7.21. The number of anilines is 1. The molecule has 3 aromatic rings. The Balaban J connectivity index is 1.95. The van der Waals surface area contributed by atoms with Crippen molar-refractivity contribution in [1.82, 2.24) is 0 Å². The van der Waals surface area contributed by atoms with E-state index < -0.39 is 0 Å². The van der Waals surface area contributed by atoms with Gasteiger partial charge in [-0.1, -0.05) is 24.3 Å². The van der Waals surface area contributed by atoms with E-state index in [1.165, 1.54) is 0 Å². The van der Waals surface area contributed by atoms with Crippen molar-refractivity contribution in [2.75, 3.05) is 18.0 Å². The number of aromatic hydroxyl groups is 2. The third-order valence-electron chi connectivity index (χ3n) is 4.21. The van der Waals surface area contributed by atoms with Crippen LogP contribution >= 0.6 is 0 Å². The predicted octanol–water partition coefficient (Wildman–Crippen LogP) is 5.51. The van der Waals surface area contributed by atoms with Gasteiger partial charge < -0.3 is 15.1 Å². The minimum Gasteiger partial charge on any atom is -0.507 e. The van der Waals surface area contributed by atoms with Gasteiger partial charge in [-0.2, -0.15) is 0 Å². The summed E-state index contributed by atoms with van der Waals surface area (Å²) in [5.41, 5.74) is 1.90. The lowest BCUT2D eigenvalue weighted by molar-refractivity contribution is 0.476. The number of hydrogen-bond donors (Lipinski definition) is 2. The van der Waals surface area contributed by atoms with Gasteiger partial charge in [-0.3, -0.25) is 0 Å². The van der Waals surface area contributed by atoms with Crippen molar-refractivity contribution in [3.8, 4) is 11.5 Å². The van der Waals surface area contributed by atoms with E-state index >= 15 is 0 Å². The number of phenolic OH excluding ortho intramolecular Hbond substituents is 2. The van der Waals surface area contributed by atoms with E-state index in [1.807, 2.05) is 24.3 Å². The number of benzene rings is 3. The topological polar surface area (TPSA) is 68.4 Å². The van der Waals surface area contributed by atoms with E-state index in [2.05, 4.69) is 29.0 Å². The Labute approximate surface area is 146 Å². The Bertz CT molecular complexity index is 913. The van der Waals surface area contributed by atoms with Gasteiger partial charge >= 0.3 is 0 Å². The van der Waals surface area contributed by atoms with Crippen molar-refractivity contribution in [3.05, 3.63) is 54.6 Å². The van der Waals surface area contributed by atoms with Crippen molar-refractivity contribution in [2.45, 2.75) is 13.8 Å². The summed E-state index contributed by atoms with van der Waals surface area (Å²) >= 11 is 0. The minimum absolute atomic E-state index is 0.0811. The van der Waals surface area contributed by atoms with Crippen LogP contribution < -0.4 is 4.90 Å². The molecule has 0 atom stereocenters. The summed E-state index contributed by atoms with van der Waals surface area (Å²) in [4.78, 5) is 2.14. The van der Waals surface area contributed by atoms with Gasteiger partial charge in [0.25, 0.3) is 0 Å². The van der Waals surface area contributed by atoms with Crippen molar-refractivity contribution in [2.24, 2.45) is 10.2 Å². The molecular weight excluding hydrogens is 314 g/mol. The Hall–Kier alpha value is -3.08. The van der Waals surface area contributed by atoms with Crippen LogP contribution in [0.4, 0.5) is 17.1 Å². The summed E-state index contributed by atoms with van der Waals surface area (Å²) in [5.74, 6) is 0.241. The van der Waals surface area contributed by atoms with Crippen molar-refractivity contribution >= 4 is 27.8 Å². The molecule has 25 heavy (non-hydrogen) atoms. The van der Waals surface area contributed by atoms with Gasteiger partial charge in [-0.05, 0) is 43.5 Å². The van der Waals surface area contributed by atoms with Crippen molar-refractivity contribution in [1.29, 1.82) is 0 Å². The van der Waals surface area contributed by atoms with Crippen LogP contribution in [0.1, 0.15) is 13.8 Å². The number of hydrogen-bond acceptors (Lipinski definition) is 5. The SMILES string of the molecule is CCN(CC)c1ccc(N=Nc2cccc3cccc(O)c23)c(O)c1. The zero-order valence-corrected chi connectivity index (χ0v) is 14.3. The van der Waals surface area contributed by atoms with Crippen LogP contribution in [-0.2, 0) is 0 Å². The number of nitrogens with zero attached hydrogens (tertiary/aromatic N) is 3. The first-order valence-corrected chi connectivity index (χ1v) is 8.34. The lowest BCUT2D eigenvalue weighted by atomic mass is 10.1. The molecule has 0 saturated heterocycles. The molecule has 0 aliphatic carbocycles. The van der Waals surface area contributed by atoms with Gasteiger partial charge in [0.05, 0.1) is 11.1 Å². The van der Waals surface area contributed by atoms with Crippen LogP contribution in [0.5, 0.6) is 11.5 Å². The minimum atomic E-state index is 0.0811. The molecule has 0 fully saturated rings. The Morgan fingerprint density at radius 3 is 2.16 bits per heavy atom. The zero-order chi connectivity index (χ0) is 17.8. The van der Waals surface area contributed by atoms with Gasteiger partial charge in [0.1, 0.15) is 17.2 Å². The van der Waals surface area contributed by atoms with E-state index in [9.17, 15) is 10.2 Å². The third kappa shape index (κ3) is 3.40. The largest absolute Gasteiger partial charge is 0.507 e. The molecule has 2 N–H and O–H groups in total. The summed E-state index contributed by atoms with van der Waals surface area (Å²) in [6, 6.07) is 16.2. The fourth-order valence-corrected chi connectivity index (χ4v) is 2.87. The van der Waals surface area contributed by atoms with Gasteiger partial charge in [-0.15, -0.1) is 10.2 Å². The summed E-state index contributed by atoms with van der Waals surface area (Å²) in [7, 11) is 0. The first kappa shape index (κ1) is 16.8.